The normalized spacial score (nSPS) is 10.8. The molecule has 3 N–H and O–H groups in total. The molecule has 8 nitrogen and oxygen atoms in total. The predicted molar refractivity (Wildman–Crippen MR) is 128 cm³/mol. The van der Waals surface area contributed by atoms with Crippen LogP contribution in [0, 0.1) is 0 Å². The van der Waals surface area contributed by atoms with E-state index >= 15 is 0 Å². The van der Waals surface area contributed by atoms with Gasteiger partial charge in [-0.05, 0) is 56.2 Å². The zero-order valence-electron chi connectivity index (χ0n) is 18.2. The van der Waals surface area contributed by atoms with Gasteiger partial charge in [0.1, 0.15) is 5.75 Å². The molecule has 2 aromatic carbocycles. The van der Waals surface area contributed by atoms with Crippen molar-refractivity contribution >= 4 is 40.8 Å². The van der Waals surface area contributed by atoms with Gasteiger partial charge in [0.25, 0.3) is 5.56 Å². The molecule has 1 heterocycles. The molecule has 33 heavy (non-hydrogen) atoms. The van der Waals surface area contributed by atoms with E-state index in [9.17, 15) is 9.59 Å². The number of hydrogen-bond acceptors (Lipinski definition) is 7. The highest BCUT2D eigenvalue weighted by molar-refractivity contribution is 6.32. The number of ether oxygens (including phenoxy) is 1. The Hall–Kier alpha value is -3.07. The molecule has 3 aromatic rings. The van der Waals surface area contributed by atoms with Gasteiger partial charge < -0.3 is 14.9 Å². The first kappa shape index (κ1) is 24.6. The van der Waals surface area contributed by atoms with Gasteiger partial charge in [-0.15, -0.1) is 0 Å². The summed E-state index contributed by atoms with van der Waals surface area (Å²) in [6.45, 7) is 4.07. The van der Waals surface area contributed by atoms with Crippen molar-refractivity contribution in [2.75, 3.05) is 5.32 Å². The fourth-order valence-corrected chi connectivity index (χ4v) is 3.43. The topological polar surface area (TPSA) is 108 Å². The molecule has 0 saturated heterocycles. The highest BCUT2D eigenvalue weighted by Gasteiger charge is 2.14. The Morgan fingerprint density at radius 1 is 1.18 bits per heavy atom. The van der Waals surface area contributed by atoms with Gasteiger partial charge in [0, 0.05) is 22.5 Å². The van der Waals surface area contributed by atoms with Crippen LogP contribution in [0.25, 0.3) is 0 Å². The molecular formula is C23H24Cl2N4O4. The summed E-state index contributed by atoms with van der Waals surface area (Å²) in [6.07, 6.45) is 1.53. The minimum Gasteiger partial charge on any atom is -0.489 e. The van der Waals surface area contributed by atoms with Crippen molar-refractivity contribution in [3.63, 3.8) is 0 Å². The van der Waals surface area contributed by atoms with Gasteiger partial charge in [-0.25, -0.2) is 4.98 Å². The van der Waals surface area contributed by atoms with Gasteiger partial charge in [0.2, 0.25) is 5.95 Å². The van der Waals surface area contributed by atoms with Crippen molar-refractivity contribution in [1.82, 2.24) is 9.55 Å². The molecule has 0 unspecified atom stereocenters. The molecule has 0 fully saturated rings. The first-order chi connectivity index (χ1) is 15.8. The summed E-state index contributed by atoms with van der Waals surface area (Å²) in [5.74, 6) is 5.15. The molecule has 0 spiro atoms. The number of hydrogen-bond donors (Lipinski definition) is 2. The van der Waals surface area contributed by atoms with Crippen LogP contribution < -0.4 is 21.5 Å². The van der Waals surface area contributed by atoms with E-state index in [2.05, 4.69) is 15.1 Å². The lowest BCUT2D eigenvalue weighted by atomic mass is 10.2. The van der Waals surface area contributed by atoms with E-state index in [0.717, 1.165) is 5.56 Å². The summed E-state index contributed by atoms with van der Waals surface area (Å²) >= 11 is 12.3. The van der Waals surface area contributed by atoms with Crippen molar-refractivity contribution in [3.05, 3.63) is 80.2 Å². The lowest BCUT2D eigenvalue weighted by molar-refractivity contribution is -0.144. The maximum atomic E-state index is 13.2. The second kappa shape index (κ2) is 11.2. The summed E-state index contributed by atoms with van der Waals surface area (Å²) in [5.41, 5.74) is 1.55. The average molecular weight is 491 g/mol. The van der Waals surface area contributed by atoms with Crippen molar-refractivity contribution in [1.29, 1.82) is 0 Å². The van der Waals surface area contributed by atoms with Gasteiger partial charge >= 0.3 is 5.97 Å². The lowest BCUT2D eigenvalue weighted by Gasteiger charge is -2.16. The monoisotopic (exact) mass is 490 g/mol. The predicted octanol–water partition coefficient (Wildman–Crippen LogP) is 4.48. The number of nitrogens with two attached hydrogens (primary N) is 1. The molecule has 0 aliphatic heterocycles. The minimum atomic E-state index is -0.612. The van der Waals surface area contributed by atoms with Gasteiger partial charge in [0.15, 0.2) is 0 Å². The molecule has 1 aromatic heterocycles. The number of aromatic nitrogens is 2. The minimum absolute atomic E-state index is 0.0170. The average Bonchev–Trinajstić information content (AvgIpc) is 2.78. The molecule has 0 aliphatic rings. The van der Waals surface area contributed by atoms with Gasteiger partial charge in [-0.3, -0.25) is 14.2 Å². The largest absolute Gasteiger partial charge is 0.489 e. The van der Waals surface area contributed by atoms with Crippen molar-refractivity contribution in [2.45, 2.75) is 39.3 Å². The van der Waals surface area contributed by atoms with Crippen LogP contribution in [0.1, 0.15) is 31.4 Å². The zero-order chi connectivity index (χ0) is 24.0. The number of anilines is 2. The van der Waals surface area contributed by atoms with E-state index < -0.39 is 5.97 Å². The Labute approximate surface area is 201 Å². The first-order valence-electron chi connectivity index (χ1n) is 10.2. The highest BCUT2D eigenvalue weighted by atomic mass is 35.5. The molecule has 10 heteroatoms. The standard InChI is InChI=1S/C23H24Cl2N4O4/c1-14(2)32-20-9-8-18(11-19(20)25)28-23-27-12-16(5-10-21(30)33-26)22(31)29(23)13-15-3-6-17(24)7-4-15/h3-4,6-9,11-12,14H,5,10,13,26H2,1-2H3,(H,27,28). The molecule has 0 bridgehead atoms. The van der Waals surface area contributed by atoms with E-state index in [-0.39, 0.29) is 31.0 Å². The number of halogens is 2. The number of carbonyl (C=O) groups excluding carboxylic acids is 1. The van der Waals surface area contributed by atoms with Crippen LogP contribution in [0.4, 0.5) is 11.6 Å². The van der Waals surface area contributed by atoms with Crippen molar-refractivity contribution < 1.29 is 14.4 Å². The van der Waals surface area contributed by atoms with Crippen LogP contribution in [-0.4, -0.2) is 21.6 Å². The summed E-state index contributed by atoms with van der Waals surface area (Å²) in [4.78, 5) is 33.2. The third kappa shape index (κ3) is 6.71. The Bertz CT molecular complexity index is 1180. The molecule has 0 aliphatic carbocycles. The van der Waals surface area contributed by atoms with Crippen LogP contribution in [0.15, 0.2) is 53.5 Å². The Balaban J connectivity index is 1.94. The molecular weight excluding hydrogens is 467 g/mol. The maximum absolute atomic E-state index is 13.2. The zero-order valence-corrected chi connectivity index (χ0v) is 19.7. The van der Waals surface area contributed by atoms with E-state index in [0.29, 0.717) is 33.0 Å². The third-order valence-corrected chi connectivity index (χ3v) is 5.20. The highest BCUT2D eigenvalue weighted by Crippen LogP contribution is 2.29. The molecule has 3 rings (SSSR count). The second-order valence-corrected chi connectivity index (χ2v) is 8.40. The SMILES string of the molecule is CC(C)Oc1ccc(Nc2ncc(CCC(=O)ON)c(=O)n2Cc2ccc(Cl)cc2)cc1Cl. The molecule has 0 atom stereocenters. The number of aryl methyl sites for hydroxylation is 1. The number of rotatable bonds is 9. The second-order valence-electron chi connectivity index (χ2n) is 7.55. The summed E-state index contributed by atoms with van der Waals surface area (Å²) in [7, 11) is 0. The fourth-order valence-electron chi connectivity index (χ4n) is 3.08. The van der Waals surface area contributed by atoms with Gasteiger partial charge in [-0.1, -0.05) is 35.3 Å². The van der Waals surface area contributed by atoms with Crippen LogP contribution in [0.2, 0.25) is 10.0 Å². The Kier molecular flexibility index (Phi) is 8.32. The Morgan fingerprint density at radius 3 is 2.55 bits per heavy atom. The lowest BCUT2D eigenvalue weighted by Crippen LogP contribution is -2.28. The number of nitrogens with zero attached hydrogens (tertiary/aromatic N) is 2. The van der Waals surface area contributed by atoms with E-state index in [1.165, 1.54) is 10.8 Å². The number of carbonyl (C=O) groups is 1. The van der Waals surface area contributed by atoms with E-state index in [1.54, 1.807) is 30.3 Å². The van der Waals surface area contributed by atoms with E-state index in [4.69, 9.17) is 33.8 Å². The molecule has 0 saturated carbocycles. The van der Waals surface area contributed by atoms with Crippen LogP contribution >= 0.6 is 23.2 Å². The van der Waals surface area contributed by atoms with Crippen LogP contribution in [-0.2, 0) is 22.6 Å². The first-order valence-corrected chi connectivity index (χ1v) is 11.0. The smallest absolute Gasteiger partial charge is 0.324 e. The number of nitrogens with one attached hydrogen (secondary N) is 1. The maximum Gasteiger partial charge on any atom is 0.324 e. The summed E-state index contributed by atoms with van der Waals surface area (Å²) < 4.78 is 7.15. The van der Waals surface area contributed by atoms with Gasteiger partial charge in [-0.2, -0.15) is 5.90 Å². The van der Waals surface area contributed by atoms with Crippen LogP contribution in [0.5, 0.6) is 5.75 Å². The Morgan fingerprint density at radius 2 is 1.91 bits per heavy atom. The van der Waals surface area contributed by atoms with Crippen molar-refractivity contribution in [2.24, 2.45) is 5.90 Å². The summed E-state index contributed by atoms with van der Waals surface area (Å²) in [6, 6.07) is 12.4. The fraction of sp³-hybridized carbons (Fsp3) is 0.261. The number of benzene rings is 2. The third-order valence-electron chi connectivity index (χ3n) is 4.65. The quantitative estimate of drug-likeness (QED) is 0.425. The van der Waals surface area contributed by atoms with E-state index in [1.807, 2.05) is 26.0 Å². The van der Waals surface area contributed by atoms with Crippen molar-refractivity contribution in [3.8, 4) is 5.75 Å². The molecule has 0 amide bonds. The molecule has 174 valence electrons. The van der Waals surface area contributed by atoms with Gasteiger partial charge in [0.05, 0.1) is 24.1 Å². The molecule has 0 radical (unpaired) electrons. The van der Waals surface area contributed by atoms with Crippen LogP contribution in [0.3, 0.4) is 0 Å². The summed E-state index contributed by atoms with van der Waals surface area (Å²) in [5, 5.41) is 4.16.